The Labute approximate surface area is 222 Å². The number of nitrogens with one attached hydrogen (secondary N) is 2. The Morgan fingerprint density at radius 1 is 1.08 bits per heavy atom. The lowest BCUT2D eigenvalue weighted by Gasteiger charge is -2.16. The number of aryl methyl sites for hydroxylation is 2. The molecular formula is C26H26N8O5. The summed E-state index contributed by atoms with van der Waals surface area (Å²) >= 11 is 0. The Hall–Kier alpha value is -5.07. The number of carbonyl (C=O) groups excluding carboxylic acids is 1. The molecule has 3 N–H and O–H groups in total. The molecule has 200 valence electrons. The van der Waals surface area contributed by atoms with E-state index in [-0.39, 0.29) is 36.1 Å². The third kappa shape index (κ3) is 5.92. The molecule has 0 atom stereocenters. The first-order valence-electron chi connectivity index (χ1n) is 12.3. The molecule has 1 aliphatic heterocycles. The van der Waals surface area contributed by atoms with E-state index in [1.165, 1.54) is 4.68 Å². The zero-order valence-electron chi connectivity index (χ0n) is 21.1. The highest BCUT2D eigenvalue weighted by atomic mass is 16.4. The second-order valence-electron chi connectivity index (χ2n) is 9.04. The van der Waals surface area contributed by atoms with Crippen molar-refractivity contribution in [2.24, 2.45) is 0 Å². The predicted molar refractivity (Wildman–Crippen MR) is 140 cm³/mol. The van der Waals surface area contributed by atoms with Crippen molar-refractivity contribution in [2.75, 3.05) is 11.9 Å². The number of carboxylic acid groups (broad SMARTS) is 1. The van der Waals surface area contributed by atoms with Crippen molar-refractivity contribution < 1.29 is 19.1 Å². The number of carbonyl (C=O) groups is 2. The minimum Gasteiger partial charge on any atom is -0.465 e. The van der Waals surface area contributed by atoms with Gasteiger partial charge in [-0.15, -0.1) is 10.2 Å². The highest BCUT2D eigenvalue weighted by Crippen LogP contribution is 2.25. The van der Waals surface area contributed by atoms with Crippen molar-refractivity contribution in [2.45, 2.75) is 39.4 Å². The number of anilines is 1. The molecule has 3 amide bonds. The van der Waals surface area contributed by atoms with Crippen molar-refractivity contribution in [1.82, 2.24) is 35.2 Å². The number of hydrogen-bond acceptors (Lipinski definition) is 8. The predicted octanol–water partition coefficient (Wildman–Crippen LogP) is 3.26. The van der Waals surface area contributed by atoms with Gasteiger partial charge in [-0.05, 0) is 48.2 Å². The molecule has 4 aromatic rings. The summed E-state index contributed by atoms with van der Waals surface area (Å²) in [6.45, 7) is 3.21. The van der Waals surface area contributed by atoms with E-state index in [2.05, 4.69) is 30.9 Å². The largest absolute Gasteiger partial charge is 0.465 e. The Balaban J connectivity index is 1.33. The topological polar surface area (TPSA) is 168 Å². The van der Waals surface area contributed by atoms with Crippen LogP contribution in [0.4, 0.5) is 15.3 Å². The molecule has 5 rings (SSSR count). The summed E-state index contributed by atoms with van der Waals surface area (Å²) in [7, 11) is 0. The van der Waals surface area contributed by atoms with Crippen LogP contribution in [0.1, 0.15) is 29.9 Å². The number of amides is 3. The number of unbranched alkanes of at least 4 members (excludes halogenated alkanes) is 1. The van der Waals surface area contributed by atoms with Crippen LogP contribution >= 0.6 is 0 Å². The maximum atomic E-state index is 13.1. The van der Waals surface area contributed by atoms with Gasteiger partial charge in [0.05, 0.1) is 5.69 Å². The number of benzene rings is 1. The normalized spacial score (nSPS) is 12.3. The Bertz CT molecular complexity index is 1540. The highest BCUT2D eigenvalue weighted by molar-refractivity contribution is 5.90. The molecule has 1 aromatic carbocycles. The van der Waals surface area contributed by atoms with Crippen LogP contribution in [0.2, 0.25) is 0 Å². The van der Waals surface area contributed by atoms with Crippen molar-refractivity contribution in [3.8, 4) is 22.7 Å². The van der Waals surface area contributed by atoms with E-state index in [0.29, 0.717) is 48.8 Å². The number of nitrogens with zero attached hydrogens (tertiary/aromatic N) is 6. The third-order valence-electron chi connectivity index (χ3n) is 6.25. The molecule has 0 spiro atoms. The molecule has 13 heteroatoms. The van der Waals surface area contributed by atoms with Crippen molar-refractivity contribution in [1.29, 1.82) is 0 Å². The number of hydrogen-bond donors (Lipinski definition) is 3. The third-order valence-corrected chi connectivity index (χ3v) is 6.25. The number of rotatable bonds is 8. The summed E-state index contributed by atoms with van der Waals surface area (Å²) < 4.78 is 6.83. The van der Waals surface area contributed by atoms with Gasteiger partial charge in [-0.2, -0.15) is 5.10 Å². The van der Waals surface area contributed by atoms with Crippen molar-refractivity contribution in [3.63, 3.8) is 0 Å². The molecule has 0 saturated carbocycles. The van der Waals surface area contributed by atoms with Crippen LogP contribution in [-0.2, 0) is 19.6 Å². The number of aromatic nitrogens is 5. The lowest BCUT2D eigenvalue weighted by molar-refractivity contribution is 0.194. The van der Waals surface area contributed by atoms with Crippen LogP contribution in [0.5, 0.6) is 0 Å². The van der Waals surface area contributed by atoms with Crippen molar-refractivity contribution in [3.05, 3.63) is 76.2 Å². The molecule has 0 bridgehead atoms. The number of pyridine rings is 1. The average Bonchev–Trinajstić information content (AvgIpc) is 3.56. The van der Waals surface area contributed by atoms with Gasteiger partial charge in [0.2, 0.25) is 5.89 Å². The van der Waals surface area contributed by atoms with Gasteiger partial charge in [0, 0.05) is 56.7 Å². The summed E-state index contributed by atoms with van der Waals surface area (Å²) in [5.41, 5.74) is 3.78. The van der Waals surface area contributed by atoms with Gasteiger partial charge in [-0.25, -0.2) is 14.3 Å². The molecule has 3 aromatic heterocycles. The molecule has 4 heterocycles. The zero-order chi connectivity index (χ0) is 27.4. The second kappa shape index (κ2) is 11.1. The molecule has 0 radical (unpaired) electrons. The molecule has 1 aliphatic rings. The van der Waals surface area contributed by atoms with Crippen LogP contribution in [-0.4, -0.2) is 53.6 Å². The van der Waals surface area contributed by atoms with Gasteiger partial charge in [0.25, 0.3) is 11.4 Å². The van der Waals surface area contributed by atoms with E-state index in [4.69, 9.17) is 9.52 Å². The minimum atomic E-state index is -1.09. The van der Waals surface area contributed by atoms with E-state index in [1.54, 1.807) is 54.5 Å². The fourth-order valence-corrected chi connectivity index (χ4v) is 4.27. The minimum absolute atomic E-state index is 0.0909. The number of fused-ring (bicyclic) bond motifs is 1. The number of urea groups is 1. The Kier molecular flexibility index (Phi) is 7.30. The quantitative estimate of drug-likeness (QED) is 0.290. The maximum Gasteiger partial charge on any atom is 0.404 e. The summed E-state index contributed by atoms with van der Waals surface area (Å²) in [5, 5.41) is 26.3. The van der Waals surface area contributed by atoms with E-state index in [0.717, 1.165) is 11.1 Å². The van der Waals surface area contributed by atoms with Crippen LogP contribution in [0.3, 0.4) is 0 Å². The standard InChI is InChI=1S/C26H26N8O5/c1-16-30-31-23(39-16)21-12-22(32-34(24(21)35)11-3-2-9-28-26(37)38)17-4-6-20(7-5-17)29-25(36)33-14-18-8-10-27-13-19(18)15-33/h4-8,10,12-13,28H,2-3,9,11,14-15H2,1H3,(H,29,36)(H,37,38). The van der Waals surface area contributed by atoms with Gasteiger partial charge in [0.1, 0.15) is 5.56 Å². The molecule has 0 unspecified atom stereocenters. The van der Waals surface area contributed by atoms with Gasteiger partial charge in [-0.1, -0.05) is 12.1 Å². The van der Waals surface area contributed by atoms with E-state index < -0.39 is 6.09 Å². The molecule has 0 saturated heterocycles. The first-order valence-corrected chi connectivity index (χ1v) is 12.3. The SMILES string of the molecule is Cc1nnc(-c2cc(-c3ccc(NC(=O)N4Cc5ccncc5C4)cc3)nn(CCCCNC(=O)O)c2=O)o1. The summed E-state index contributed by atoms with van der Waals surface area (Å²) in [6, 6.07) is 10.4. The van der Waals surface area contributed by atoms with Crippen LogP contribution in [0, 0.1) is 6.92 Å². The monoisotopic (exact) mass is 530 g/mol. The Morgan fingerprint density at radius 2 is 1.87 bits per heavy atom. The lowest BCUT2D eigenvalue weighted by Crippen LogP contribution is -2.30. The molecular weight excluding hydrogens is 504 g/mol. The van der Waals surface area contributed by atoms with E-state index in [9.17, 15) is 14.4 Å². The summed E-state index contributed by atoms with van der Waals surface area (Å²) in [4.78, 5) is 42.4. The zero-order valence-corrected chi connectivity index (χ0v) is 21.1. The molecule has 0 fully saturated rings. The molecule has 13 nitrogen and oxygen atoms in total. The van der Waals surface area contributed by atoms with Gasteiger partial charge < -0.3 is 25.1 Å². The van der Waals surface area contributed by atoms with E-state index >= 15 is 0 Å². The Morgan fingerprint density at radius 3 is 2.59 bits per heavy atom. The lowest BCUT2D eigenvalue weighted by atomic mass is 10.1. The second-order valence-corrected chi connectivity index (χ2v) is 9.04. The van der Waals surface area contributed by atoms with E-state index in [1.807, 2.05) is 6.07 Å². The maximum absolute atomic E-state index is 13.1. The fraction of sp³-hybridized carbons (Fsp3) is 0.269. The smallest absolute Gasteiger partial charge is 0.404 e. The average molecular weight is 531 g/mol. The van der Waals surface area contributed by atoms with Crippen molar-refractivity contribution >= 4 is 17.8 Å². The van der Waals surface area contributed by atoms with Crippen LogP contribution in [0.15, 0.2) is 58.0 Å². The highest BCUT2D eigenvalue weighted by Gasteiger charge is 2.23. The first kappa shape index (κ1) is 25.6. The molecule has 0 aliphatic carbocycles. The van der Waals surface area contributed by atoms with Gasteiger partial charge >= 0.3 is 12.1 Å². The summed E-state index contributed by atoms with van der Waals surface area (Å²) in [6.07, 6.45) is 3.47. The fourth-order valence-electron chi connectivity index (χ4n) is 4.27. The van der Waals surface area contributed by atoms with Gasteiger partial charge in [0.15, 0.2) is 0 Å². The molecule has 39 heavy (non-hydrogen) atoms. The van der Waals surface area contributed by atoms with Crippen LogP contribution in [0.25, 0.3) is 22.7 Å². The van der Waals surface area contributed by atoms with Crippen LogP contribution < -0.4 is 16.2 Å². The van der Waals surface area contributed by atoms with Gasteiger partial charge in [-0.3, -0.25) is 9.78 Å². The summed E-state index contributed by atoms with van der Waals surface area (Å²) in [5.74, 6) is 0.416. The first-order chi connectivity index (χ1) is 18.9.